The zero-order valence-electron chi connectivity index (χ0n) is 16.5. The standard InChI is InChI=1S/C24H21N3O3/c1-30-21-14-8-5-11-17(21)24-26(16-9-3-2-4-10-16)22(28)15-20-23(29)25-18-12-6-7-13-19(18)27(20)24/h2-14,20,24H,15H2,1H3,(H,25,29)/t20-,24-/m1/s1. The summed E-state index contributed by atoms with van der Waals surface area (Å²) in [6.07, 6.45) is -0.428. The van der Waals surface area contributed by atoms with E-state index in [1.807, 2.05) is 83.8 Å². The van der Waals surface area contributed by atoms with E-state index in [0.717, 1.165) is 22.6 Å². The van der Waals surface area contributed by atoms with Crippen molar-refractivity contribution in [2.24, 2.45) is 0 Å². The van der Waals surface area contributed by atoms with Gasteiger partial charge in [-0.05, 0) is 30.3 Å². The molecular formula is C24H21N3O3. The number of anilines is 3. The Morgan fingerprint density at radius 3 is 2.40 bits per heavy atom. The summed E-state index contributed by atoms with van der Waals surface area (Å²) in [5, 5.41) is 2.95. The lowest BCUT2D eigenvalue weighted by Gasteiger charge is -2.51. The van der Waals surface area contributed by atoms with Gasteiger partial charge in [0.25, 0.3) is 0 Å². The van der Waals surface area contributed by atoms with Crippen molar-refractivity contribution < 1.29 is 14.3 Å². The van der Waals surface area contributed by atoms with Gasteiger partial charge in [0.05, 0.1) is 24.9 Å². The van der Waals surface area contributed by atoms with Crippen LogP contribution in [-0.4, -0.2) is 25.0 Å². The molecule has 5 rings (SSSR count). The SMILES string of the molecule is COc1ccccc1[C@@H]1N(c2ccccc2)C(=O)C[C@@H]2C(=O)Nc3ccccc3N21. The minimum atomic E-state index is -0.595. The fourth-order valence-corrected chi connectivity index (χ4v) is 4.37. The van der Waals surface area contributed by atoms with Gasteiger partial charge in [-0.2, -0.15) is 0 Å². The van der Waals surface area contributed by atoms with E-state index in [1.165, 1.54) is 0 Å². The fraction of sp³-hybridized carbons (Fsp3) is 0.167. The van der Waals surface area contributed by atoms with Crippen LogP contribution in [0.1, 0.15) is 18.2 Å². The lowest BCUT2D eigenvalue weighted by atomic mass is 9.95. The van der Waals surface area contributed by atoms with Gasteiger partial charge in [0.2, 0.25) is 11.8 Å². The van der Waals surface area contributed by atoms with Crippen LogP contribution in [0.2, 0.25) is 0 Å². The van der Waals surface area contributed by atoms with Crippen molar-refractivity contribution in [1.82, 2.24) is 0 Å². The molecule has 0 spiro atoms. The number of nitrogens with zero attached hydrogens (tertiary/aromatic N) is 2. The van der Waals surface area contributed by atoms with Crippen LogP contribution in [0.15, 0.2) is 78.9 Å². The first-order valence-corrected chi connectivity index (χ1v) is 9.87. The summed E-state index contributed by atoms with van der Waals surface area (Å²) in [7, 11) is 1.62. The van der Waals surface area contributed by atoms with Crippen LogP contribution < -0.4 is 19.9 Å². The molecule has 2 amide bonds. The largest absolute Gasteiger partial charge is 0.496 e. The third-order valence-corrected chi connectivity index (χ3v) is 5.67. The van der Waals surface area contributed by atoms with Gasteiger partial charge in [-0.1, -0.05) is 48.5 Å². The molecule has 3 aromatic carbocycles. The molecular weight excluding hydrogens is 378 g/mol. The summed E-state index contributed by atoms with van der Waals surface area (Å²) >= 11 is 0. The Morgan fingerprint density at radius 2 is 1.60 bits per heavy atom. The summed E-state index contributed by atoms with van der Waals surface area (Å²) in [6, 6.07) is 24.3. The van der Waals surface area contributed by atoms with Crippen molar-refractivity contribution in [1.29, 1.82) is 0 Å². The van der Waals surface area contributed by atoms with Crippen LogP contribution in [0.25, 0.3) is 0 Å². The monoisotopic (exact) mass is 399 g/mol. The first-order valence-electron chi connectivity index (χ1n) is 9.87. The molecule has 30 heavy (non-hydrogen) atoms. The highest BCUT2D eigenvalue weighted by Gasteiger charge is 2.48. The van der Waals surface area contributed by atoms with Crippen molar-refractivity contribution in [2.75, 3.05) is 22.2 Å². The Balaban J connectivity index is 1.76. The quantitative estimate of drug-likeness (QED) is 0.724. The number of rotatable bonds is 3. The Hall–Kier alpha value is -3.80. The van der Waals surface area contributed by atoms with E-state index in [9.17, 15) is 9.59 Å². The van der Waals surface area contributed by atoms with Crippen molar-refractivity contribution in [3.8, 4) is 5.75 Å². The maximum absolute atomic E-state index is 13.4. The fourth-order valence-electron chi connectivity index (χ4n) is 4.37. The van der Waals surface area contributed by atoms with E-state index < -0.39 is 12.2 Å². The number of carbonyl (C=O) groups is 2. The zero-order valence-corrected chi connectivity index (χ0v) is 16.5. The summed E-state index contributed by atoms with van der Waals surface area (Å²) in [6.45, 7) is 0. The van der Waals surface area contributed by atoms with Crippen molar-refractivity contribution in [3.05, 3.63) is 84.4 Å². The second-order valence-electron chi connectivity index (χ2n) is 7.35. The van der Waals surface area contributed by atoms with Crippen LogP contribution >= 0.6 is 0 Å². The molecule has 6 nitrogen and oxygen atoms in total. The molecule has 2 atom stereocenters. The molecule has 1 fully saturated rings. The Labute approximate surface area is 174 Å². The number of nitrogens with one attached hydrogen (secondary N) is 1. The number of hydrogen-bond acceptors (Lipinski definition) is 4. The molecule has 0 unspecified atom stereocenters. The van der Waals surface area contributed by atoms with E-state index in [2.05, 4.69) is 5.32 Å². The maximum Gasteiger partial charge on any atom is 0.247 e. The highest BCUT2D eigenvalue weighted by molar-refractivity contribution is 6.09. The topological polar surface area (TPSA) is 61.9 Å². The van der Waals surface area contributed by atoms with Crippen LogP contribution in [0.4, 0.5) is 17.1 Å². The normalized spacial score (nSPS) is 20.3. The second-order valence-corrected chi connectivity index (χ2v) is 7.35. The number of amides is 2. The maximum atomic E-state index is 13.4. The number of fused-ring (bicyclic) bond motifs is 3. The van der Waals surface area contributed by atoms with Gasteiger partial charge in [-0.25, -0.2) is 0 Å². The van der Waals surface area contributed by atoms with Crippen LogP contribution in [0.3, 0.4) is 0 Å². The molecule has 0 aliphatic carbocycles. The molecule has 1 saturated heterocycles. The van der Waals surface area contributed by atoms with Crippen molar-refractivity contribution in [3.63, 3.8) is 0 Å². The molecule has 3 aromatic rings. The molecule has 150 valence electrons. The van der Waals surface area contributed by atoms with E-state index in [-0.39, 0.29) is 18.2 Å². The molecule has 2 heterocycles. The van der Waals surface area contributed by atoms with Gasteiger partial charge in [-0.3, -0.25) is 14.5 Å². The van der Waals surface area contributed by atoms with Crippen LogP contribution in [-0.2, 0) is 9.59 Å². The minimum Gasteiger partial charge on any atom is -0.496 e. The first kappa shape index (κ1) is 18.2. The van der Waals surface area contributed by atoms with Gasteiger partial charge in [0, 0.05) is 11.3 Å². The van der Waals surface area contributed by atoms with E-state index in [0.29, 0.717) is 5.75 Å². The van der Waals surface area contributed by atoms with E-state index in [1.54, 1.807) is 12.0 Å². The molecule has 1 N–H and O–H groups in total. The number of carbonyl (C=O) groups excluding carboxylic acids is 2. The molecule has 6 heteroatoms. The third kappa shape index (κ3) is 2.80. The lowest BCUT2D eigenvalue weighted by Crippen LogP contribution is -2.61. The first-order chi connectivity index (χ1) is 14.7. The van der Waals surface area contributed by atoms with E-state index in [4.69, 9.17) is 4.74 Å². The summed E-state index contributed by atoms with van der Waals surface area (Å²) in [5.41, 5.74) is 3.22. The Kier molecular flexibility index (Phi) is 4.39. The molecule has 0 radical (unpaired) electrons. The summed E-state index contributed by atoms with van der Waals surface area (Å²) in [5.74, 6) is 0.392. The molecule has 0 aromatic heterocycles. The highest BCUT2D eigenvalue weighted by atomic mass is 16.5. The second kappa shape index (κ2) is 7.22. The van der Waals surface area contributed by atoms with Gasteiger partial charge < -0.3 is 15.0 Å². The Bertz CT molecular complexity index is 1120. The number of ether oxygens (including phenoxy) is 1. The van der Waals surface area contributed by atoms with Gasteiger partial charge in [0.15, 0.2) is 0 Å². The van der Waals surface area contributed by atoms with Crippen molar-refractivity contribution >= 4 is 28.9 Å². The summed E-state index contributed by atoms with van der Waals surface area (Å²) in [4.78, 5) is 30.1. The van der Waals surface area contributed by atoms with Gasteiger partial charge >= 0.3 is 0 Å². The van der Waals surface area contributed by atoms with Crippen LogP contribution in [0.5, 0.6) is 5.75 Å². The predicted octanol–water partition coefficient (Wildman–Crippen LogP) is 3.96. The minimum absolute atomic E-state index is 0.0979. The third-order valence-electron chi connectivity index (χ3n) is 5.67. The number of hydrogen-bond donors (Lipinski definition) is 1. The zero-order chi connectivity index (χ0) is 20.7. The molecule has 2 aliphatic heterocycles. The van der Waals surface area contributed by atoms with Crippen LogP contribution in [0, 0.1) is 0 Å². The average Bonchev–Trinajstić information content (AvgIpc) is 2.79. The smallest absolute Gasteiger partial charge is 0.247 e. The van der Waals surface area contributed by atoms with Crippen molar-refractivity contribution in [2.45, 2.75) is 18.6 Å². The molecule has 0 bridgehead atoms. The van der Waals surface area contributed by atoms with Gasteiger partial charge in [-0.15, -0.1) is 0 Å². The highest BCUT2D eigenvalue weighted by Crippen LogP contribution is 2.46. The average molecular weight is 399 g/mol. The van der Waals surface area contributed by atoms with Gasteiger partial charge in [0.1, 0.15) is 18.0 Å². The lowest BCUT2D eigenvalue weighted by molar-refractivity contribution is -0.126. The molecule has 0 saturated carbocycles. The number of methoxy groups -OCH3 is 1. The summed E-state index contributed by atoms with van der Waals surface area (Å²) < 4.78 is 5.65. The predicted molar refractivity (Wildman–Crippen MR) is 116 cm³/mol. The molecule has 2 aliphatic rings. The number of benzene rings is 3. The Morgan fingerprint density at radius 1 is 0.900 bits per heavy atom. The number of para-hydroxylation sites is 4. The van der Waals surface area contributed by atoms with E-state index >= 15 is 0 Å².